The van der Waals surface area contributed by atoms with Gasteiger partial charge in [-0.15, -0.1) is 0 Å². The van der Waals surface area contributed by atoms with Gasteiger partial charge in [0, 0.05) is 12.8 Å². The van der Waals surface area contributed by atoms with Crippen LogP contribution in [-0.2, 0) is 14.3 Å². The molecule has 0 aromatic rings. The Labute approximate surface area is 514 Å². The monoisotopic (exact) mass is 1160 g/mol. The predicted octanol–water partition coefficient (Wildman–Crippen LogP) is 24.7. The lowest BCUT2D eigenvalue weighted by Gasteiger charge is -2.20. The molecule has 0 aromatic heterocycles. The Bertz CT molecular complexity index is 1240. The number of esters is 1. The molecule has 0 aromatic carbocycles. The van der Waals surface area contributed by atoms with Gasteiger partial charge < -0.3 is 20.3 Å². The summed E-state index contributed by atoms with van der Waals surface area (Å²) >= 11 is 0. The molecule has 488 valence electrons. The highest BCUT2D eigenvalue weighted by Crippen LogP contribution is 2.20. The quantitative estimate of drug-likeness (QED) is 0.0320. The molecule has 0 heterocycles. The zero-order valence-corrected chi connectivity index (χ0v) is 56.0. The number of nitrogens with one attached hydrogen (secondary N) is 1. The minimum Gasteiger partial charge on any atom is -0.466 e. The van der Waals surface area contributed by atoms with E-state index in [1.54, 1.807) is 6.08 Å². The molecule has 6 nitrogen and oxygen atoms in total. The summed E-state index contributed by atoms with van der Waals surface area (Å²) in [4.78, 5) is 24.6. The fourth-order valence-corrected chi connectivity index (χ4v) is 12.3. The highest BCUT2D eigenvalue weighted by molar-refractivity contribution is 5.76. The Balaban J connectivity index is 3.36. The van der Waals surface area contributed by atoms with E-state index in [-0.39, 0.29) is 18.5 Å². The number of unbranched alkanes of at least 4 members (excludes halogenated alkanes) is 61. The van der Waals surface area contributed by atoms with Crippen LogP contribution in [0.25, 0.3) is 0 Å². The standard InChI is InChI=1S/C76H149NO5/c1-3-5-7-9-11-13-15-17-18-19-20-21-30-33-36-39-42-45-48-52-56-60-64-68-74(79)73(72-78)77-75(80)69-65-61-57-53-49-46-43-40-37-34-31-28-26-24-22-23-25-27-29-32-35-38-41-44-47-51-55-59-63-67-71-82-76(81)70-66-62-58-54-50-16-14-12-10-8-6-4-2/h64,68,73-74,78-79H,3-63,65-67,69-72H2,1-2H3,(H,77,80)/b68-64+. The number of ether oxygens (including phenoxy) is 1. The van der Waals surface area contributed by atoms with Crippen molar-refractivity contribution in [2.45, 2.75) is 450 Å². The van der Waals surface area contributed by atoms with Crippen LogP contribution >= 0.6 is 0 Å². The van der Waals surface area contributed by atoms with E-state index in [1.165, 1.54) is 372 Å². The summed E-state index contributed by atoms with van der Waals surface area (Å²) in [6, 6.07) is -0.625. The molecule has 0 aliphatic rings. The molecule has 6 heteroatoms. The molecule has 0 saturated heterocycles. The summed E-state index contributed by atoms with van der Waals surface area (Å²) < 4.78 is 5.49. The second kappa shape index (κ2) is 72.1. The van der Waals surface area contributed by atoms with Crippen molar-refractivity contribution in [1.82, 2.24) is 5.32 Å². The van der Waals surface area contributed by atoms with Crippen molar-refractivity contribution in [2.24, 2.45) is 0 Å². The minimum atomic E-state index is -0.842. The molecule has 1 amide bonds. The summed E-state index contributed by atoms with van der Waals surface area (Å²) in [7, 11) is 0. The normalized spacial score (nSPS) is 12.5. The molecule has 0 radical (unpaired) electrons. The van der Waals surface area contributed by atoms with Crippen molar-refractivity contribution in [1.29, 1.82) is 0 Å². The first-order valence-corrected chi connectivity index (χ1v) is 38.0. The molecule has 0 aliphatic heterocycles. The Morgan fingerprint density at radius 3 is 0.829 bits per heavy atom. The van der Waals surface area contributed by atoms with Gasteiger partial charge in [0.2, 0.25) is 5.91 Å². The van der Waals surface area contributed by atoms with Gasteiger partial charge in [-0.1, -0.05) is 405 Å². The topological polar surface area (TPSA) is 95.9 Å². The first kappa shape index (κ1) is 80.6. The van der Waals surface area contributed by atoms with Gasteiger partial charge in [0.1, 0.15) is 0 Å². The molecular formula is C76H149NO5. The van der Waals surface area contributed by atoms with Crippen molar-refractivity contribution in [3.05, 3.63) is 12.2 Å². The van der Waals surface area contributed by atoms with E-state index in [4.69, 9.17) is 4.74 Å². The average Bonchev–Trinajstić information content (AvgIpc) is 3.48. The second-order valence-corrected chi connectivity index (χ2v) is 26.4. The van der Waals surface area contributed by atoms with Crippen LogP contribution in [0.3, 0.4) is 0 Å². The highest BCUT2D eigenvalue weighted by Gasteiger charge is 2.18. The predicted molar refractivity (Wildman–Crippen MR) is 361 cm³/mol. The smallest absolute Gasteiger partial charge is 0.305 e. The highest BCUT2D eigenvalue weighted by atomic mass is 16.5. The van der Waals surface area contributed by atoms with Crippen LogP contribution in [0, 0.1) is 0 Å². The second-order valence-electron chi connectivity index (χ2n) is 26.4. The lowest BCUT2D eigenvalue weighted by molar-refractivity contribution is -0.143. The third-order valence-electron chi connectivity index (χ3n) is 18.1. The van der Waals surface area contributed by atoms with Gasteiger partial charge in [-0.05, 0) is 32.1 Å². The zero-order chi connectivity index (χ0) is 59.2. The molecule has 82 heavy (non-hydrogen) atoms. The molecule has 0 spiro atoms. The first-order valence-electron chi connectivity index (χ1n) is 38.0. The van der Waals surface area contributed by atoms with Gasteiger partial charge in [-0.3, -0.25) is 9.59 Å². The maximum absolute atomic E-state index is 12.5. The van der Waals surface area contributed by atoms with Gasteiger partial charge in [0.05, 0.1) is 25.4 Å². The van der Waals surface area contributed by atoms with Crippen molar-refractivity contribution < 1.29 is 24.5 Å². The first-order chi connectivity index (χ1) is 40.5. The number of hydrogen-bond acceptors (Lipinski definition) is 5. The summed E-state index contributed by atoms with van der Waals surface area (Å²) in [6.45, 7) is 4.96. The van der Waals surface area contributed by atoms with Gasteiger partial charge in [0.25, 0.3) is 0 Å². The Morgan fingerprint density at radius 2 is 0.561 bits per heavy atom. The number of amides is 1. The number of aliphatic hydroxyl groups is 2. The lowest BCUT2D eigenvalue weighted by Crippen LogP contribution is -2.45. The molecular weight excluding hydrogens is 1010 g/mol. The maximum Gasteiger partial charge on any atom is 0.305 e. The van der Waals surface area contributed by atoms with Crippen LogP contribution in [0.4, 0.5) is 0 Å². The van der Waals surface area contributed by atoms with Crippen LogP contribution in [-0.4, -0.2) is 47.4 Å². The number of hydrogen-bond donors (Lipinski definition) is 3. The van der Waals surface area contributed by atoms with E-state index in [9.17, 15) is 19.8 Å². The van der Waals surface area contributed by atoms with E-state index in [2.05, 4.69) is 19.2 Å². The SMILES string of the molecule is CCCCCCCCCCCCCCCCCCCCCCC/C=C/C(O)C(CO)NC(=O)CCCCCCCCCCCCCCCCCCCCCCCCCCCCCCCCOC(=O)CCCCCCCCCCCCCC. The molecule has 0 bridgehead atoms. The van der Waals surface area contributed by atoms with Crippen molar-refractivity contribution in [3.8, 4) is 0 Å². The Morgan fingerprint density at radius 1 is 0.329 bits per heavy atom. The number of allylic oxidation sites excluding steroid dienone is 1. The van der Waals surface area contributed by atoms with E-state index >= 15 is 0 Å². The van der Waals surface area contributed by atoms with E-state index in [1.807, 2.05) is 6.08 Å². The largest absolute Gasteiger partial charge is 0.466 e. The molecule has 2 atom stereocenters. The molecule has 2 unspecified atom stereocenters. The van der Waals surface area contributed by atoms with Crippen LogP contribution < -0.4 is 5.32 Å². The number of aliphatic hydroxyl groups excluding tert-OH is 2. The summed E-state index contributed by atoms with van der Waals surface area (Å²) in [5, 5.41) is 23.3. The zero-order valence-electron chi connectivity index (χ0n) is 56.0. The van der Waals surface area contributed by atoms with Gasteiger partial charge in [-0.25, -0.2) is 0 Å². The van der Waals surface area contributed by atoms with Crippen molar-refractivity contribution in [2.75, 3.05) is 13.2 Å². The number of carbonyl (C=O) groups excluding carboxylic acids is 2. The number of carbonyl (C=O) groups is 2. The van der Waals surface area contributed by atoms with Gasteiger partial charge in [0.15, 0.2) is 0 Å². The van der Waals surface area contributed by atoms with Crippen LogP contribution in [0.2, 0.25) is 0 Å². The van der Waals surface area contributed by atoms with E-state index in [0.717, 1.165) is 38.5 Å². The van der Waals surface area contributed by atoms with E-state index < -0.39 is 12.1 Å². The fourth-order valence-electron chi connectivity index (χ4n) is 12.3. The summed E-state index contributed by atoms with van der Waals surface area (Å²) in [6.07, 6.45) is 90.3. The fraction of sp³-hybridized carbons (Fsp3) is 0.947. The van der Waals surface area contributed by atoms with Crippen LogP contribution in [0.15, 0.2) is 12.2 Å². The maximum atomic E-state index is 12.5. The van der Waals surface area contributed by atoms with Crippen molar-refractivity contribution >= 4 is 11.9 Å². The Hall–Kier alpha value is -1.40. The Kier molecular flexibility index (Phi) is 70.8. The summed E-state index contributed by atoms with van der Waals surface area (Å²) in [5.41, 5.74) is 0. The van der Waals surface area contributed by atoms with E-state index in [0.29, 0.717) is 19.4 Å². The third-order valence-corrected chi connectivity index (χ3v) is 18.1. The molecule has 0 aliphatic carbocycles. The number of rotatable bonds is 72. The molecule has 0 saturated carbocycles. The lowest BCUT2D eigenvalue weighted by atomic mass is 10.0. The van der Waals surface area contributed by atoms with Gasteiger partial charge >= 0.3 is 5.97 Å². The molecule has 0 rings (SSSR count). The van der Waals surface area contributed by atoms with Gasteiger partial charge in [-0.2, -0.15) is 0 Å². The molecule has 0 fully saturated rings. The summed E-state index contributed by atoms with van der Waals surface area (Å²) in [5.74, 6) is -0.0371. The van der Waals surface area contributed by atoms with Crippen LogP contribution in [0.5, 0.6) is 0 Å². The van der Waals surface area contributed by atoms with Crippen molar-refractivity contribution in [3.63, 3.8) is 0 Å². The average molecular weight is 1160 g/mol. The van der Waals surface area contributed by atoms with Crippen LogP contribution in [0.1, 0.15) is 438 Å². The minimum absolute atomic E-state index is 0.0216. The third kappa shape index (κ3) is 67.7. The molecule has 3 N–H and O–H groups in total.